The van der Waals surface area contributed by atoms with Crippen molar-refractivity contribution in [1.29, 1.82) is 5.26 Å². The van der Waals surface area contributed by atoms with Gasteiger partial charge in [-0.1, -0.05) is 54.6 Å². The third kappa shape index (κ3) is 4.46. The molecule has 0 aliphatic heterocycles. The van der Waals surface area contributed by atoms with E-state index in [-0.39, 0.29) is 6.42 Å². The minimum absolute atomic E-state index is 0.217. The molecule has 0 aliphatic rings. The van der Waals surface area contributed by atoms with E-state index in [1.165, 1.54) is 17.0 Å². The van der Waals surface area contributed by atoms with Crippen molar-refractivity contribution in [2.24, 2.45) is 5.10 Å². The maximum atomic E-state index is 11.2. The van der Waals surface area contributed by atoms with Crippen LogP contribution in [0.3, 0.4) is 0 Å². The minimum Gasteiger partial charge on any atom is -0.489 e. The number of rotatable bonds is 6. The minimum atomic E-state index is -0.438. The highest BCUT2D eigenvalue weighted by Gasteiger charge is 2.02. The Kier molecular flexibility index (Phi) is 5.58. The highest BCUT2D eigenvalue weighted by molar-refractivity contribution is 5.85. The molecule has 1 amide bonds. The molecule has 0 heterocycles. The van der Waals surface area contributed by atoms with Crippen LogP contribution in [0.1, 0.15) is 17.5 Å². The van der Waals surface area contributed by atoms with Crippen LogP contribution >= 0.6 is 0 Å². The zero-order chi connectivity index (χ0) is 18.2. The fraction of sp³-hybridized carbons (Fsp3) is 0.0952. The molecule has 3 aromatic carbocycles. The van der Waals surface area contributed by atoms with Gasteiger partial charge in [-0.2, -0.15) is 10.4 Å². The lowest BCUT2D eigenvalue weighted by Crippen LogP contribution is -2.16. The van der Waals surface area contributed by atoms with Gasteiger partial charge in [0.2, 0.25) is 0 Å². The Balaban J connectivity index is 1.66. The van der Waals surface area contributed by atoms with Crippen LogP contribution in [-0.4, -0.2) is 12.1 Å². The molecule has 0 spiro atoms. The summed E-state index contributed by atoms with van der Waals surface area (Å²) in [6.45, 7) is 0.459. The van der Waals surface area contributed by atoms with Crippen molar-refractivity contribution >= 4 is 22.9 Å². The monoisotopic (exact) mass is 343 g/mol. The largest absolute Gasteiger partial charge is 0.489 e. The summed E-state index contributed by atoms with van der Waals surface area (Å²) in [5.41, 5.74) is 4.20. The van der Waals surface area contributed by atoms with E-state index in [2.05, 4.69) is 34.8 Å². The normalized spacial score (nSPS) is 10.6. The summed E-state index contributed by atoms with van der Waals surface area (Å²) in [6.07, 6.45) is 1.30. The number of benzene rings is 3. The van der Waals surface area contributed by atoms with Crippen molar-refractivity contribution in [2.75, 3.05) is 0 Å². The molecule has 0 aromatic heterocycles. The molecule has 0 fully saturated rings. The molecule has 0 aliphatic carbocycles. The standard InChI is InChI=1S/C21H17N3O2/c22-12-11-21(25)24-23-14-16-5-3-9-19(13-16)26-15-18-8-4-7-17-6-1-2-10-20(17)18/h1-10,13-14H,11,15H2,(H,24,25)/b23-14+. The molecule has 0 unspecified atom stereocenters. The second-order valence-corrected chi connectivity index (χ2v) is 5.63. The molecule has 3 rings (SSSR count). The van der Waals surface area contributed by atoms with Gasteiger partial charge in [0.25, 0.3) is 5.91 Å². The number of hydrazone groups is 1. The predicted molar refractivity (Wildman–Crippen MR) is 101 cm³/mol. The summed E-state index contributed by atoms with van der Waals surface area (Å²) in [5.74, 6) is 0.275. The van der Waals surface area contributed by atoms with Crippen molar-refractivity contribution in [2.45, 2.75) is 13.0 Å². The van der Waals surface area contributed by atoms with Crippen LogP contribution < -0.4 is 10.2 Å². The predicted octanol–water partition coefficient (Wildman–Crippen LogP) is 3.78. The summed E-state index contributed by atoms with van der Waals surface area (Å²) in [4.78, 5) is 11.2. The first kappa shape index (κ1) is 17.2. The van der Waals surface area contributed by atoms with Gasteiger partial charge in [0.05, 0.1) is 12.3 Å². The third-order valence-corrected chi connectivity index (χ3v) is 3.77. The first-order chi connectivity index (χ1) is 12.8. The SMILES string of the molecule is N#CCC(=O)N/N=C/c1cccc(OCc2cccc3ccccc23)c1. The molecule has 128 valence electrons. The number of nitriles is 1. The van der Waals surface area contributed by atoms with E-state index in [4.69, 9.17) is 10.00 Å². The van der Waals surface area contributed by atoms with Gasteiger partial charge in [0.15, 0.2) is 0 Å². The van der Waals surface area contributed by atoms with E-state index >= 15 is 0 Å². The van der Waals surface area contributed by atoms with Gasteiger partial charge in [0.1, 0.15) is 18.8 Å². The van der Waals surface area contributed by atoms with Crippen molar-refractivity contribution in [3.63, 3.8) is 0 Å². The van der Waals surface area contributed by atoms with Crippen molar-refractivity contribution in [3.05, 3.63) is 77.9 Å². The van der Waals surface area contributed by atoms with E-state index < -0.39 is 5.91 Å². The summed E-state index contributed by atoms with van der Waals surface area (Å²) in [5, 5.41) is 14.6. The van der Waals surface area contributed by atoms with Gasteiger partial charge in [-0.05, 0) is 34.0 Å². The highest BCUT2D eigenvalue weighted by Crippen LogP contribution is 2.21. The second-order valence-electron chi connectivity index (χ2n) is 5.63. The van der Waals surface area contributed by atoms with Crippen molar-refractivity contribution < 1.29 is 9.53 Å². The van der Waals surface area contributed by atoms with Crippen LogP contribution in [-0.2, 0) is 11.4 Å². The Hall–Kier alpha value is -3.65. The lowest BCUT2D eigenvalue weighted by Gasteiger charge is -2.09. The van der Waals surface area contributed by atoms with Gasteiger partial charge in [-0.15, -0.1) is 0 Å². The lowest BCUT2D eigenvalue weighted by atomic mass is 10.1. The molecule has 3 aromatic rings. The lowest BCUT2D eigenvalue weighted by molar-refractivity contribution is -0.120. The first-order valence-corrected chi connectivity index (χ1v) is 8.14. The number of fused-ring (bicyclic) bond motifs is 1. The molecule has 0 saturated carbocycles. The molecule has 0 radical (unpaired) electrons. The Morgan fingerprint density at radius 2 is 1.92 bits per heavy atom. The number of ether oxygens (including phenoxy) is 1. The number of carbonyl (C=O) groups excluding carboxylic acids is 1. The molecular formula is C21H17N3O2. The number of hydrogen-bond acceptors (Lipinski definition) is 4. The Bertz CT molecular complexity index is 984. The number of amides is 1. The third-order valence-electron chi connectivity index (χ3n) is 3.77. The maximum Gasteiger partial charge on any atom is 0.254 e. The average Bonchev–Trinajstić information content (AvgIpc) is 2.67. The van der Waals surface area contributed by atoms with Crippen LogP contribution in [0.2, 0.25) is 0 Å². The van der Waals surface area contributed by atoms with Crippen LogP contribution in [0, 0.1) is 11.3 Å². The molecule has 0 saturated heterocycles. The van der Waals surface area contributed by atoms with Crippen LogP contribution in [0.5, 0.6) is 5.75 Å². The van der Waals surface area contributed by atoms with Gasteiger partial charge in [-0.3, -0.25) is 4.79 Å². The van der Waals surface area contributed by atoms with E-state index in [1.54, 1.807) is 6.07 Å². The molecule has 5 heteroatoms. The van der Waals surface area contributed by atoms with Gasteiger partial charge >= 0.3 is 0 Å². The van der Waals surface area contributed by atoms with Crippen LogP contribution in [0.4, 0.5) is 0 Å². The Morgan fingerprint density at radius 1 is 1.12 bits per heavy atom. The first-order valence-electron chi connectivity index (χ1n) is 8.14. The van der Waals surface area contributed by atoms with Gasteiger partial charge in [0, 0.05) is 0 Å². The maximum absolute atomic E-state index is 11.2. The van der Waals surface area contributed by atoms with Crippen LogP contribution in [0.15, 0.2) is 71.8 Å². The summed E-state index contributed by atoms with van der Waals surface area (Å²) in [6, 6.07) is 23.5. The number of carbonyl (C=O) groups is 1. The average molecular weight is 343 g/mol. The van der Waals surface area contributed by atoms with Crippen molar-refractivity contribution in [1.82, 2.24) is 5.43 Å². The number of hydrogen-bond donors (Lipinski definition) is 1. The second kappa shape index (κ2) is 8.45. The zero-order valence-electron chi connectivity index (χ0n) is 14.1. The molecule has 26 heavy (non-hydrogen) atoms. The Morgan fingerprint density at radius 3 is 2.81 bits per heavy atom. The fourth-order valence-corrected chi connectivity index (χ4v) is 2.55. The summed E-state index contributed by atoms with van der Waals surface area (Å²) < 4.78 is 5.91. The highest BCUT2D eigenvalue weighted by atomic mass is 16.5. The quantitative estimate of drug-likeness (QED) is 0.547. The summed E-state index contributed by atoms with van der Waals surface area (Å²) in [7, 11) is 0. The molecule has 0 atom stereocenters. The van der Waals surface area contributed by atoms with Gasteiger partial charge in [-0.25, -0.2) is 5.43 Å². The van der Waals surface area contributed by atoms with E-state index in [0.717, 1.165) is 11.1 Å². The Labute approximate surface area is 151 Å². The van der Waals surface area contributed by atoms with E-state index in [9.17, 15) is 4.79 Å². The fourth-order valence-electron chi connectivity index (χ4n) is 2.55. The smallest absolute Gasteiger partial charge is 0.254 e. The topological polar surface area (TPSA) is 74.5 Å². The molecular weight excluding hydrogens is 326 g/mol. The van der Waals surface area contributed by atoms with E-state index in [1.807, 2.05) is 42.5 Å². The molecule has 5 nitrogen and oxygen atoms in total. The van der Waals surface area contributed by atoms with Crippen molar-refractivity contribution in [3.8, 4) is 11.8 Å². The zero-order valence-corrected chi connectivity index (χ0v) is 14.1. The number of nitrogens with zero attached hydrogens (tertiary/aromatic N) is 2. The van der Waals surface area contributed by atoms with E-state index in [0.29, 0.717) is 12.4 Å². The molecule has 1 N–H and O–H groups in total. The number of nitrogens with one attached hydrogen (secondary N) is 1. The summed E-state index contributed by atoms with van der Waals surface area (Å²) >= 11 is 0. The van der Waals surface area contributed by atoms with Gasteiger partial charge < -0.3 is 4.74 Å². The van der Waals surface area contributed by atoms with Crippen LogP contribution in [0.25, 0.3) is 10.8 Å². The molecule has 0 bridgehead atoms.